The van der Waals surface area contributed by atoms with Crippen LogP contribution in [0, 0.1) is 0 Å². The Morgan fingerprint density at radius 2 is 1.00 bits per heavy atom. The Kier molecular flexibility index (Phi) is 10.1. The zero-order valence-electron chi connectivity index (χ0n) is 17.1. The van der Waals surface area contributed by atoms with E-state index in [1.807, 2.05) is 9.80 Å². The van der Waals surface area contributed by atoms with Crippen LogP contribution in [0.15, 0.2) is 8.68 Å². The Hall–Kier alpha value is -0.800. The lowest BCUT2D eigenvalue weighted by Gasteiger charge is -2.24. The fourth-order valence-corrected chi connectivity index (χ4v) is 6.56. The van der Waals surface area contributed by atoms with Gasteiger partial charge in [0, 0.05) is 26.2 Å². The van der Waals surface area contributed by atoms with Gasteiger partial charge in [-0.3, -0.25) is 9.59 Å². The van der Waals surface area contributed by atoms with Gasteiger partial charge in [-0.25, -0.2) is 0 Å². The van der Waals surface area contributed by atoms with Crippen LogP contribution in [0.2, 0.25) is 0 Å². The van der Waals surface area contributed by atoms with Crippen LogP contribution < -0.4 is 0 Å². The predicted molar refractivity (Wildman–Crippen MR) is 121 cm³/mol. The average molecular weight is 457 g/mol. The number of hydrogen-bond acceptors (Lipinski definition) is 7. The highest BCUT2D eigenvalue weighted by Crippen LogP contribution is 2.29. The molecule has 0 saturated carbocycles. The summed E-state index contributed by atoms with van der Waals surface area (Å²) in [4.78, 5) is 29.0. The van der Waals surface area contributed by atoms with Crippen molar-refractivity contribution in [2.75, 3.05) is 37.7 Å². The van der Waals surface area contributed by atoms with Crippen molar-refractivity contribution in [1.29, 1.82) is 0 Å². The first-order valence-electron chi connectivity index (χ1n) is 10.9. The molecule has 0 radical (unpaired) electrons. The molecule has 6 nitrogen and oxygen atoms in total. The molecule has 2 saturated heterocycles. The SMILES string of the molecule is O=C(CSc1nnc(SCC(=O)N2CCCCCCC2)s1)N1CCCCCCC1. The lowest BCUT2D eigenvalue weighted by molar-refractivity contribution is -0.129. The number of carbonyl (C=O) groups is 2. The van der Waals surface area contributed by atoms with Crippen molar-refractivity contribution in [2.24, 2.45) is 0 Å². The maximum absolute atomic E-state index is 12.5. The van der Waals surface area contributed by atoms with Gasteiger partial charge in [0.25, 0.3) is 0 Å². The number of thioether (sulfide) groups is 2. The summed E-state index contributed by atoms with van der Waals surface area (Å²) in [6, 6.07) is 0. The summed E-state index contributed by atoms with van der Waals surface area (Å²) >= 11 is 4.42. The van der Waals surface area contributed by atoms with Gasteiger partial charge in [0.05, 0.1) is 11.5 Å². The van der Waals surface area contributed by atoms with Crippen molar-refractivity contribution in [3.63, 3.8) is 0 Å². The van der Waals surface area contributed by atoms with Crippen LogP contribution in [0.3, 0.4) is 0 Å². The van der Waals surface area contributed by atoms with Crippen LogP contribution in [0.5, 0.6) is 0 Å². The van der Waals surface area contributed by atoms with Crippen LogP contribution in [0.1, 0.15) is 64.2 Å². The van der Waals surface area contributed by atoms with E-state index in [1.165, 1.54) is 73.4 Å². The maximum Gasteiger partial charge on any atom is 0.233 e. The molecule has 0 atom stereocenters. The lowest BCUT2D eigenvalue weighted by atomic mass is 10.1. The van der Waals surface area contributed by atoms with E-state index in [2.05, 4.69) is 10.2 Å². The van der Waals surface area contributed by atoms with Crippen LogP contribution in [0.4, 0.5) is 0 Å². The Bertz CT molecular complexity index is 587. The smallest absolute Gasteiger partial charge is 0.233 e. The van der Waals surface area contributed by atoms with Crippen LogP contribution in [-0.2, 0) is 9.59 Å². The third kappa shape index (κ3) is 8.09. The molecule has 0 aromatic carbocycles. The van der Waals surface area contributed by atoms with Crippen LogP contribution in [-0.4, -0.2) is 69.5 Å². The Labute approximate surface area is 186 Å². The number of likely N-dealkylation sites (tertiary alicyclic amines) is 2. The largest absolute Gasteiger partial charge is 0.342 e. The van der Waals surface area contributed by atoms with Gasteiger partial charge in [0.2, 0.25) is 11.8 Å². The minimum Gasteiger partial charge on any atom is -0.342 e. The summed E-state index contributed by atoms with van der Waals surface area (Å²) in [6.07, 6.45) is 11.9. The fourth-order valence-electron chi connectivity index (χ4n) is 3.74. The fraction of sp³-hybridized carbons (Fsp3) is 0.800. The van der Waals surface area contributed by atoms with Crippen molar-refractivity contribution in [1.82, 2.24) is 20.0 Å². The molecule has 2 amide bonds. The van der Waals surface area contributed by atoms with Crippen molar-refractivity contribution < 1.29 is 9.59 Å². The number of aromatic nitrogens is 2. The molecule has 1 aromatic heterocycles. The Morgan fingerprint density at radius 1 is 0.655 bits per heavy atom. The van der Waals surface area contributed by atoms with E-state index < -0.39 is 0 Å². The van der Waals surface area contributed by atoms with Gasteiger partial charge in [-0.15, -0.1) is 10.2 Å². The topological polar surface area (TPSA) is 66.4 Å². The van der Waals surface area contributed by atoms with Crippen molar-refractivity contribution >= 4 is 46.7 Å². The number of hydrogen-bond donors (Lipinski definition) is 0. The second-order valence-electron chi connectivity index (χ2n) is 7.71. The predicted octanol–water partition coefficient (Wildman–Crippen LogP) is 4.31. The number of rotatable bonds is 6. The van der Waals surface area contributed by atoms with E-state index in [9.17, 15) is 9.59 Å². The number of nitrogens with zero attached hydrogens (tertiary/aromatic N) is 4. The molecule has 29 heavy (non-hydrogen) atoms. The summed E-state index contributed by atoms with van der Waals surface area (Å²) < 4.78 is 1.62. The van der Waals surface area contributed by atoms with Gasteiger partial charge in [0.1, 0.15) is 0 Å². The van der Waals surface area contributed by atoms with E-state index in [1.54, 1.807) is 0 Å². The lowest BCUT2D eigenvalue weighted by Crippen LogP contribution is -2.35. The zero-order chi connectivity index (χ0) is 20.3. The Balaban J connectivity index is 1.39. The van der Waals surface area contributed by atoms with Gasteiger partial charge in [-0.1, -0.05) is 73.4 Å². The molecular weight excluding hydrogens is 424 g/mol. The summed E-state index contributed by atoms with van der Waals surface area (Å²) in [5.41, 5.74) is 0. The van der Waals surface area contributed by atoms with Gasteiger partial charge < -0.3 is 9.80 Å². The molecule has 0 unspecified atom stereocenters. The van der Waals surface area contributed by atoms with Crippen molar-refractivity contribution in [3.8, 4) is 0 Å². The third-order valence-corrected chi connectivity index (χ3v) is 8.60. The number of carbonyl (C=O) groups excluding carboxylic acids is 2. The molecule has 0 aliphatic carbocycles. The third-order valence-electron chi connectivity index (χ3n) is 5.44. The average Bonchev–Trinajstić information content (AvgIpc) is 3.12. The molecule has 0 N–H and O–H groups in total. The molecule has 162 valence electrons. The highest BCUT2D eigenvalue weighted by molar-refractivity contribution is 8.03. The second kappa shape index (κ2) is 12.8. The first-order valence-corrected chi connectivity index (χ1v) is 13.7. The molecule has 9 heteroatoms. The molecule has 0 spiro atoms. The van der Waals surface area contributed by atoms with Gasteiger partial charge in [-0.2, -0.15) is 0 Å². The summed E-state index contributed by atoms with van der Waals surface area (Å²) in [6.45, 7) is 3.54. The normalized spacial score (nSPS) is 19.2. The highest BCUT2D eigenvalue weighted by atomic mass is 32.2. The Morgan fingerprint density at radius 3 is 1.38 bits per heavy atom. The van der Waals surface area contributed by atoms with Gasteiger partial charge in [-0.05, 0) is 25.7 Å². The van der Waals surface area contributed by atoms with E-state index in [0.29, 0.717) is 11.5 Å². The number of amides is 2. The monoisotopic (exact) mass is 456 g/mol. The van der Waals surface area contributed by atoms with Crippen molar-refractivity contribution in [2.45, 2.75) is 72.9 Å². The molecule has 2 aliphatic rings. The van der Waals surface area contributed by atoms with E-state index in [4.69, 9.17) is 0 Å². The van der Waals surface area contributed by atoms with Gasteiger partial charge >= 0.3 is 0 Å². The molecular formula is C20H32N4O2S3. The van der Waals surface area contributed by atoms with Crippen molar-refractivity contribution in [3.05, 3.63) is 0 Å². The van der Waals surface area contributed by atoms with Crippen LogP contribution >= 0.6 is 34.9 Å². The summed E-state index contributed by atoms with van der Waals surface area (Å²) in [5, 5.41) is 8.40. The molecule has 0 bridgehead atoms. The molecule has 1 aromatic rings. The standard InChI is InChI=1S/C20H32N4O2S3/c25-17(23-11-7-3-1-4-8-12-23)15-27-19-21-22-20(29-19)28-16-18(26)24-13-9-5-2-6-10-14-24/h1-16H2. The molecule has 2 fully saturated rings. The van der Waals surface area contributed by atoms with E-state index in [0.717, 1.165) is 60.5 Å². The molecule has 3 heterocycles. The summed E-state index contributed by atoms with van der Waals surface area (Å²) in [5.74, 6) is 1.25. The zero-order valence-corrected chi connectivity index (χ0v) is 19.6. The first-order chi connectivity index (χ1) is 14.2. The summed E-state index contributed by atoms with van der Waals surface area (Å²) in [7, 11) is 0. The molecule has 2 aliphatic heterocycles. The van der Waals surface area contributed by atoms with Crippen LogP contribution in [0.25, 0.3) is 0 Å². The van der Waals surface area contributed by atoms with E-state index in [-0.39, 0.29) is 11.8 Å². The quantitative estimate of drug-likeness (QED) is 0.594. The van der Waals surface area contributed by atoms with Gasteiger partial charge in [0.15, 0.2) is 8.68 Å². The highest BCUT2D eigenvalue weighted by Gasteiger charge is 2.18. The molecule has 3 rings (SSSR count). The first kappa shape index (κ1) is 22.9. The maximum atomic E-state index is 12.5. The second-order valence-corrected chi connectivity index (χ2v) is 11.1. The minimum atomic E-state index is 0.202. The minimum absolute atomic E-state index is 0.202. The van der Waals surface area contributed by atoms with E-state index >= 15 is 0 Å².